The van der Waals surface area contributed by atoms with Gasteiger partial charge in [0.2, 0.25) is 0 Å². The molecule has 4 nitrogen and oxygen atoms in total. The SMILES string of the molecule is Cc1[nH]ccc1C(=O)Nc1cc(F)c(F)cc1N1CCCCC1. The van der Waals surface area contributed by atoms with E-state index in [1.807, 2.05) is 4.90 Å². The largest absolute Gasteiger partial charge is 0.370 e. The number of hydrogen-bond acceptors (Lipinski definition) is 2. The number of aromatic amines is 1. The average Bonchev–Trinajstić information content (AvgIpc) is 2.97. The molecule has 1 aliphatic heterocycles. The van der Waals surface area contributed by atoms with Gasteiger partial charge in [0.25, 0.3) is 5.91 Å². The van der Waals surface area contributed by atoms with Gasteiger partial charge in [0.05, 0.1) is 16.9 Å². The highest BCUT2D eigenvalue weighted by molar-refractivity contribution is 6.06. The minimum Gasteiger partial charge on any atom is -0.370 e. The number of nitrogens with zero attached hydrogens (tertiary/aromatic N) is 1. The van der Waals surface area contributed by atoms with Gasteiger partial charge in [-0.25, -0.2) is 8.78 Å². The van der Waals surface area contributed by atoms with Crippen molar-refractivity contribution in [2.75, 3.05) is 23.3 Å². The highest BCUT2D eigenvalue weighted by Gasteiger charge is 2.20. The highest BCUT2D eigenvalue weighted by atomic mass is 19.2. The van der Waals surface area contributed by atoms with E-state index in [0.29, 0.717) is 16.9 Å². The van der Waals surface area contributed by atoms with Crippen molar-refractivity contribution in [2.45, 2.75) is 26.2 Å². The van der Waals surface area contributed by atoms with Gasteiger partial charge in [0.15, 0.2) is 11.6 Å². The Hall–Kier alpha value is -2.37. The molecule has 122 valence electrons. The first-order chi connectivity index (χ1) is 11.1. The number of H-pyrrole nitrogens is 1. The number of carbonyl (C=O) groups excluding carboxylic acids is 1. The van der Waals surface area contributed by atoms with Crippen molar-refractivity contribution < 1.29 is 13.6 Å². The summed E-state index contributed by atoms with van der Waals surface area (Å²) in [7, 11) is 0. The van der Waals surface area contributed by atoms with E-state index in [1.165, 1.54) is 6.07 Å². The molecule has 1 aromatic heterocycles. The molecule has 0 spiro atoms. The van der Waals surface area contributed by atoms with Crippen LogP contribution >= 0.6 is 0 Å². The number of aryl methyl sites for hydroxylation is 1. The van der Waals surface area contributed by atoms with Crippen molar-refractivity contribution in [2.24, 2.45) is 0 Å². The van der Waals surface area contributed by atoms with E-state index in [-0.39, 0.29) is 5.91 Å². The monoisotopic (exact) mass is 319 g/mol. The molecule has 6 heteroatoms. The summed E-state index contributed by atoms with van der Waals surface area (Å²) in [6, 6.07) is 3.88. The first-order valence-corrected chi connectivity index (χ1v) is 7.75. The predicted octanol–water partition coefficient (Wildman–Crippen LogP) is 3.84. The number of halogens is 2. The summed E-state index contributed by atoms with van der Waals surface area (Å²) < 4.78 is 27.3. The van der Waals surface area contributed by atoms with E-state index in [0.717, 1.165) is 44.1 Å². The van der Waals surface area contributed by atoms with Crippen LogP contribution in [-0.2, 0) is 0 Å². The summed E-state index contributed by atoms with van der Waals surface area (Å²) in [4.78, 5) is 17.3. The third-order valence-electron chi connectivity index (χ3n) is 4.18. The molecule has 0 saturated carbocycles. The number of piperidine rings is 1. The lowest BCUT2D eigenvalue weighted by Gasteiger charge is -2.30. The number of benzene rings is 1. The highest BCUT2D eigenvalue weighted by Crippen LogP contribution is 2.31. The zero-order chi connectivity index (χ0) is 16.4. The Labute approximate surface area is 133 Å². The summed E-state index contributed by atoms with van der Waals surface area (Å²) in [6.45, 7) is 3.33. The van der Waals surface area contributed by atoms with Crippen LogP contribution in [0, 0.1) is 18.6 Å². The molecule has 2 heterocycles. The topological polar surface area (TPSA) is 48.1 Å². The van der Waals surface area contributed by atoms with E-state index < -0.39 is 11.6 Å². The first kappa shape index (κ1) is 15.5. The van der Waals surface area contributed by atoms with Crippen molar-refractivity contribution in [1.29, 1.82) is 0 Å². The van der Waals surface area contributed by atoms with E-state index in [9.17, 15) is 13.6 Å². The second kappa shape index (κ2) is 6.40. The van der Waals surface area contributed by atoms with E-state index in [1.54, 1.807) is 19.2 Å². The molecule has 1 aromatic carbocycles. The minimum atomic E-state index is -0.966. The number of anilines is 2. The number of carbonyl (C=O) groups is 1. The molecule has 23 heavy (non-hydrogen) atoms. The van der Waals surface area contributed by atoms with Gasteiger partial charge in [0, 0.05) is 37.1 Å². The Balaban J connectivity index is 1.92. The lowest BCUT2D eigenvalue weighted by Crippen LogP contribution is -2.30. The molecule has 3 rings (SSSR count). The molecule has 0 unspecified atom stereocenters. The number of amides is 1. The fourth-order valence-corrected chi connectivity index (χ4v) is 2.92. The molecule has 1 saturated heterocycles. The van der Waals surface area contributed by atoms with Gasteiger partial charge in [-0.2, -0.15) is 0 Å². The van der Waals surface area contributed by atoms with Gasteiger partial charge in [-0.15, -0.1) is 0 Å². The van der Waals surface area contributed by atoms with Crippen molar-refractivity contribution in [1.82, 2.24) is 4.98 Å². The molecule has 1 amide bonds. The van der Waals surface area contributed by atoms with Crippen LogP contribution in [0.1, 0.15) is 35.3 Å². The Kier molecular flexibility index (Phi) is 4.32. The second-order valence-electron chi connectivity index (χ2n) is 5.80. The maximum Gasteiger partial charge on any atom is 0.257 e. The molecule has 2 N–H and O–H groups in total. The van der Waals surface area contributed by atoms with E-state index in [4.69, 9.17) is 0 Å². The average molecular weight is 319 g/mol. The normalized spacial score (nSPS) is 14.8. The lowest BCUT2D eigenvalue weighted by molar-refractivity contribution is 0.102. The first-order valence-electron chi connectivity index (χ1n) is 7.75. The van der Waals surface area contributed by atoms with E-state index >= 15 is 0 Å². The van der Waals surface area contributed by atoms with Crippen LogP contribution < -0.4 is 10.2 Å². The Morgan fingerprint density at radius 2 is 1.87 bits per heavy atom. The zero-order valence-electron chi connectivity index (χ0n) is 13.0. The zero-order valence-corrected chi connectivity index (χ0v) is 13.0. The minimum absolute atomic E-state index is 0.302. The fourth-order valence-electron chi connectivity index (χ4n) is 2.92. The van der Waals surface area contributed by atoms with Crippen LogP contribution in [0.15, 0.2) is 24.4 Å². The smallest absolute Gasteiger partial charge is 0.257 e. The molecule has 0 radical (unpaired) electrons. The molecular formula is C17H19F2N3O. The maximum atomic E-state index is 13.7. The molecule has 2 aromatic rings. The molecule has 0 bridgehead atoms. The Morgan fingerprint density at radius 1 is 1.17 bits per heavy atom. The predicted molar refractivity (Wildman–Crippen MR) is 85.9 cm³/mol. The summed E-state index contributed by atoms with van der Waals surface area (Å²) in [6.07, 6.45) is 4.80. The van der Waals surface area contributed by atoms with Crippen LogP contribution in [0.25, 0.3) is 0 Å². The molecule has 1 fully saturated rings. The third-order valence-corrected chi connectivity index (χ3v) is 4.18. The fraction of sp³-hybridized carbons (Fsp3) is 0.353. The van der Waals surface area contributed by atoms with Crippen LogP contribution in [-0.4, -0.2) is 24.0 Å². The van der Waals surface area contributed by atoms with Crippen LogP contribution in [0.3, 0.4) is 0 Å². The van der Waals surface area contributed by atoms with Crippen LogP contribution in [0.4, 0.5) is 20.2 Å². The second-order valence-corrected chi connectivity index (χ2v) is 5.80. The van der Waals surface area contributed by atoms with Crippen molar-refractivity contribution in [3.8, 4) is 0 Å². The van der Waals surface area contributed by atoms with Gasteiger partial charge in [-0.1, -0.05) is 0 Å². The van der Waals surface area contributed by atoms with Gasteiger partial charge >= 0.3 is 0 Å². The van der Waals surface area contributed by atoms with Crippen molar-refractivity contribution >= 4 is 17.3 Å². The lowest BCUT2D eigenvalue weighted by atomic mass is 10.1. The number of aromatic nitrogens is 1. The number of hydrogen-bond donors (Lipinski definition) is 2. The van der Waals surface area contributed by atoms with Crippen LogP contribution in [0.2, 0.25) is 0 Å². The third kappa shape index (κ3) is 3.21. The molecule has 0 aliphatic carbocycles. The number of rotatable bonds is 3. The number of nitrogens with one attached hydrogen (secondary N) is 2. The Morgan fingerprint density at radius 3 is 2.52 bits per heavy atom. The molecule has 0 atom stereocenters. The van der Waals surface area contributed by atoms with Gasteiger partial charge in [0.1, 0.15) is 0 Å². The van der Waals surface area contributed by atoms with Crippen LogP contribution in [0.5, 0.6) is 0 Å². The van der Waals surface area contributed by atoms with E-state index in [2.05, 4.69) is 10.3 Å². The summed E-state index contributed by atoms with van der Waals surface area (Å²) in [5, 5.41) is 2.71. The van der Waals surface area contributed by atoms with Gasteiger partial charge in [-0.3, -0.25) is 4.79 Å². The van der Waals surface area contributed by atoms with Gasteiger partial charge in [-0.05, 0) is 32.3 Å². The molecule has 1 aliphatic rings. The Bertz CT molecular complexity index is 721. The van der Waals surface area contributed by atoms with Crippen molar-refractivity contribution in [3.63, 3.8) is 0 Å². The maximum absolute atomic E-state index is 13.7. The summed E-state index contributed by atoms with van der Waals surface area (Å²) >= 11 is 0. The van der Waals surface area contributed by atoms with Gasteiger partial charge < -0.3 is 15.2 Å². The summed E-state index contributed by atoms with van der Waals surface area (Å²) in [5.74, 6) is -2.21. The quantitative estimate of drug-likeness (QED) is 0.903. The standard InChI is InChI=1S/C17H19F2N3O/c1-11-12(5-6-20-11)17(23)21-15-9-13(18)14(19)10-16(15)22-7-3-2-4-8-22/h5-6,9-10,20H,2-4,7-8H2,1H3,(H,21,23). The van der Waals surface area contributed by atoms with Crippen molar-refractivity contribution in [3.05, 3.63) is 47.3 Å². The summed E-state index contributed by atoms with van der Waals surface area (Å²) in [5.41, 5.74) is 2.05. The molecular weight excluding hydrogens is 300 g/mol.